The Morgan fingerprint density at radius 3 is 3.04 bits per heavy atom. The van der Waals surface area contributed by atoms with Gasteiger partial charge in [0.25, 0.3) is 5.56 Å². The Morgan fingerprint density at radius 2 is 2.22 bits per heavy atom. The monoisotopic (exact) mass is 344 g/mol. The number of aromatic nitrogens is 2. The molecule has 1 aromatic carbocycles. The fourth-order valence-electron chi connectivity index (χ4n) is 3.29. The zero-order valence-corrected chi connectivity index (χ0v) is 14.5. The number of benzene rings is 1. The highest BCUT2D eigenvalue weighted by Crippen LogP contribution is 2.35. The van der Waals surface area contributed by atoms with Crippen LogP contribution in [-0.2, 0) is 19.4 Å². The lowest BCUT2D eigenvalue weighted by Crippen LogP contribution is -2.22. The van der Waals surface area contributed by atoms with Gasteiger partial charge in [-0.25, -0.2) is 4.98 Å². The van der Waals surface area contributed by atoms with Crippen molar-refractivity contribution in [1.29, 1.82) is 0 Å². The Hall–Kier alpha value is -1.65. The van der Waals surface area contributed by atoms with E-state index in [-0.39, 0.29) is 5.56 Å². The summed E-state index contributed by atoms with van der Waals surface area (Å²) in [4.78, 5) is 19.7. The highest BCUT2D eigenvalue weighted by molar-refractivity contribution is 7.18. The zero-order valence-electron chi connectivity index (χ0n) is 12.9. The lowest BCUT2D eigenvalue weighted by molar-refractivity contribution is 0.509. The van der Waals surface area contributed by atoms with Crippen LogP contribution in [0.15, 0.2) is 35.4 Å². The van der Waals surface area contributed by atoms with Crippen molar-refractivity contribution in [2.24, 2.45) is 5.92 Å². The van der Waals surface area contributed by atoms with Gasteiger partial charge in [-0.2, -0.15) is 0 Å². The molecule has 0 spiro atoms. The van der Waals surface area contributed by atoms with Crippen LogP contribution in [0, 0.1) is 5.92 Å². The average molecular weight is 345 g/mol. The van der Waals surface area contributed by atoms with Crippen LogP contribution in [0.1, 0.15) is 29.3 Å². The predicted octanol–water partition coefficient (Wildman–Crippen LogP) is 4.28. The number of hydrogen-bond donors (Lipinski definition) is 0. The molecule has 0 aliphatic heterocycles. The van der Waals surface area contributed by atoms with E-state index in [4.69, 9.17) is 11.6 Å². The molecule has 1 aliphatic carbocycles. The molecule has 3 aromatic rings. The van der Waals surface area contributed by atoms with Crippen molar-refractivity contribution in [2.45, 2.75) is 32.7 Å². The molecule has 0 bridgehead atoms. The Labute approximate surface area is 143 Å². The SMILES string of the molecule is CC1CCc2c(sc3ncn(Cc4ccccc4Cl)c(=O)c23)C1. The summed E-state index contributed by atoms with van der Waals surface area (Å²) >= 11 is 7.91. The van der Waals surface area contributed by atoms with Crippen LogP contribution in [0.5, 0.6) is 0 Å². The molecule has 3 nitrogen and oxygen atoms in total. The number of rotatable bonds is 2. The summed E-state index contributed by atoms with van der Waals surface area (Å²) in [5, 5.41) is 1.51. The van der Waals surface area contributed by atoms with Crippen LogP contribution in [0.3, 0.4) is 0 Å². The Bertz CT molecular complexity index is 944. The summed E-state index contributed by atoms with van der Waals surface area (Å²) in [5.74, 6) is 0.695. The fourth-order valence-corrected chi connectivity index (χ4v) is 4.83. The van der Waals surface area contributed by atoms with Crippen molar-refractivity contribution in [3.05, 3.63) is 62.0 Å². The van der Waals surface area contributed by atoms with E-state index in [0.717, 1.165) is 35.0 Å². The minimum Gasteiger partial charge on any atom is -0.294 e. The van der Waals surface area contributed by atoms with E-state index < -0.39 is 0 Å². The first-order valence-electron chi connectivity index (χ1n) is 7.86. The third-order valence-electron chi connectivity index (χ3n) is 4.58. The predicted molar refractivity (Wildman–Crippen MR) is 95.6 cm³/mol. The van der Waals surface area contributed by atoms with Gasteiger partial charge in [-0.1, -0.05) is 36.7 Å². The maximum Gasteiger partial charge on any atom is 0.262 e. The maximum absolute atomic E-state index is 12.9. The molecule has 2 aromatic heterocycles. The third-order valence-corrected chi connectivity index (χ3v) is 6.11. The molecule has 0 radical (unpaired) electrons. The molecule has 1 aliphatic rings. The van der Waals surface area contributed by atoms with Gasteiger partial charge in [-0.3, -0.25) is 9.36 Å². The summed E-state index contributed by atoms with van der Waals surface area (Å²) in [5.41, 5.74) is 2.23. The molecule has 2 heterocycles. The second kappa shape index (κ2) is 5.77. The van der Waals surface area contributed by atoms with Gasteiger partial charge in [0.15, 0.2) is 0 Å². The third kappa shape index (κ3) is 2.60. The molecule has 0 saturated heterocycles. The number of fused-ring (bicyclic) bond motifs is 3. The van der Waals surface area contributed by atoms with Crippen molar-refractivity contribution in [2.75, 3.05) is 0 Å². The summed E-state index contributed by atoms with van der Waals surface area (Å²) in [6, 6.07) is 7.63. The molecular formula is C18H17ClN2OS. The van der Waals surface area contributed by atoms with E-state index in [9.17, 15) is 4.79 Å². The number of hydrogen-bond acceptors (Lipinski definition) is 3. The summed E-state index contributed by atoms with van der Waals surface area (Å²) < 4.78 is 1.68. The first-order valence-corrected chi connectivity index (χ1v) is 9.06. The Morgan fingerprint density at radius 1 is 1.39 bits per heavy atom. The molecular weight excluding hydrogens is 328 g/mol. The van der Waals surface area contributed by atoms with E-state index in [1.165, 1.54) is 10.4 Å². The van der Waals surface area contributed by atoms with Gasteiger partial charge >= 0.3 is 0 Å². The maximum atomic E-state index is 12.9. The standard InChI is InChI=1S/C18H17ClN2OS/c1-11-6-7-13-15(8-11)23-17-16(13)18(22)21(10-20-17)9-12-4-2-3-5-14(12)19/h2-5,10-11H,6-9H2,1H3. The van der Waals surface area contributed by atoms with Crippen molar-refractivity contribution < 1.29 is 0 Å². The summed E-state index contributed by atoms with van der Waals surface area (Å²) in [6.07, 6.45) is 4.86. The molecule has 4 rings (SSSR count). The molecule has 23 heavy (non-hydrogen) atoms. The minimum atomic E-state index is 0.0574. The van der Waals surface area contributed by atoms with E-state index in [1.807, 2.05) is 24.3 Å². The van der Waals surface area contributed by atoms with Crippen LogP contribution in [0.25, 0.3) is 10.2 Å². The lowest BCUT2D eigenvalue weighted by Gasteiger charge is -2.17. The van der Waals surface area contributed by atoms with Gasteiger partial charge in [-0.15, -0.1) is 11.3 Å². The molecule has 1 unspecified atom stereocenters. The second-order valence-electron chi connectivity index (χ2n) is 6.30. The number of aryl methyl sites for hydroxylation is 1. The van der Waals surface area contributed by atoms with Crippen molar-refractivity contribution >= 4 is 33.2 Å². The lowest BCUT2D eigenvalue weighted by atomic mass is 9.89. The number of nitrogens with zero attached hydrogens (tertiary/aromatic N) is 2. The zero-order chi connectivity index (χ0) is 16.0. The number of halogens is 1. The first kappa shape index (κ1) is 14.9. The smallest absolute Gasteiger partial charge is 0.262 e. The van der Waals surface area contributed by atoms with Gasteiger partial charge < -0.3 is 0 Å². The van der Waals surface area contributed by atoms with Crippen molar-refractivity contribution in [1.82, 2.24) is 9.55 Å². The second-order valence-corrected chi connectivity index (χ2v) is 7.79. The fraction of sp³-hybridized carbons (Fsp3) is 0.333. The highest BCUT2D eigenvalue weighted by Gasteiger charge is 2.23. The van der Waals surface area contributed by atoms with Crippen molar-refractivity contribution in [3.8, 4) is 0 Å². The number of thiophene rings is 1. The van der Waals surface area contributed by atoms with Crippen LogP contribution in [0.2, 0.25) is 5.02 Å². The van der Waals surface area contributed by atoms with Gasteiger partial charge in [0.05, 0.1) is 18.3 Å². The Kier molecular flexibility index (Phi) is 3.74. The Balaban J connectivity index is 1.82. The summed E-state index contributed by atoms with van der Waals surface area (Å²) in [6.45, 7) is 2.74. The molecule has 1 atom stereocenters. The van der Waals surface area contributed by atoms with Gasteiger partial charge in [0, 0.05) is 9.90 Å². The molecule has 0 N–H and O–H groups in total. The van der Waals surface area contributed by atoms with Crippen LogP contribution < -0.4 is 5.56 Å². The molecule has 118 valence electrons. The van der Waals surface area contributed by atoms with Crippen molar-refractivity contribution in [3.63, 3.8) is 0 Å². The van der Waals surface area contributed by atoms with E-state index in [1.54, 1.807) is 22.2 Å². The molecule has 5 heteroatoms. The highest BCUT2D eigenvalue weighted by atomic mass is 35.5. The topological polar surface area (TPSA) is 34.9 Å². The average Bonchev–Trinajstić information content (AvgIpc) is 2.90. The van der Waals surface area contributed by atoms with Gasteiger partial charge in [0.1, 0.15) is 4.83 Å². The van der Waals surface area contributed by atoms with E-state index >= 15 is 0 Å². The van der Waals surface area contributed by atoms with E-state index in [0.29, 0.717) is 17.5 Å². The first-order chi connectivity index (χ1) is 11.1. The quantitative estimate of drug-likeness (QED) is 0.695. The molecule has 0 amide bonds. The van der Waals surface area contributed by atoms with Crippen LogP contribution in [-0.4, -0.2) is 9.55 Å². The van der Waals surface area contributed by atoms with Crippen LogP contribution >= 0.6 is 22.9 Å². The molecule has 0 saturated carbocycles. The van der Waals surface area contributed by atoms with E-state index in [2.05, 4.69) is 11.9 Å². The van der Waals surface area contributed by atoms with Crippen LogP contribution in [0.4, 0.5) is 0 Å². The normalized spacial score (nSPS) is 17.4. The minimum absolute atomic E-state index is 0.0574. The largest absolute Gasteiger partial charge is 0.294 e. The van der Waals surface area contributed by atoms with Gasteiger partial charge in [0.2, 0.25) is 0 Å². The van der Waals surface area contributed by atoms with Gasteiger partial charge in [-0.05, 0) is 42.4 Å². The summed E-state index contributed by atoms with van der Waals surface area (Å²) in [7, 11) is 0. The molecule has 0 fully saturated rings.